The van der Waals surface area contributed by atoms with E-state index >= 15 is 0 Å². The molecule has 2 aromatic rings. The summed E-state index contributed by atoms with van der Waals surface area (Å²) in [5, 5.41) is 0. The van der Waals surface area contributed by atoms with Gasteiger partial charge in [-0.2, -0.15) is 0 Å². The Morgan fingerprint density at radius 1 is 1.00 bits per heavy atom. The van der Waals surface area contributed by atoms with Gasteiger partial charge in [0.1, 0.15) is 6.54 Å². The molecule has 0 saturated carbocycles. The molecule has 0 aliphatic heterocycles. The first-order chi connectivity index (χ1) is 6.92. The quantitative estimate of drug-likeness (QED) is 0.657. The molecule has 0 bridgehead atoms. The summed E-state index contributed by atoms with van der Waals surface area (Å²) >= 11 is 0. The zero-order valence-electron chi connectivity index (χ0n) is 8.36. The van der Waals surface area contributed by atoms with E-state index in [1.54, 1.807) is 0 Å². The third kappa shape index (κ3) is 2.55. The van der Waals surface area contributed by atoms with Crippen molar-refractivity contribution in [2.45, 2.75) is 6.54 Å². The van der Waals surface area contributed by atoms with Crippen molar-refractivity contribution in [2.24, 2.45) is 0 Å². The van der Waals surface area contributed by atoms with Gasteiger partial charge < -0.3 is 18.1 Å². The third-order valence-corrected chi connectivity index (χ3v) is 2.23. The molecule has 0 unspecified atom stereocenters. The van der Waals surface area contributed by atoms with Crippen molar-refractivity contribution in [3.05, 3.63) is 54.2 Å². The van der Waals surface area contributed by atoms with Crippen LogP contribution in [0.15, 0.2) is 48.7 Å². The molecular weight excluding hydrogens is 208 g/mol. The number of quaternary nitrogens is 1. The molecule has 1 heterocycles. The minimum absolute atomic E-state index is 0. The zero-order valence-corrected chi connectivity index (χ0v) is 9.11. The van der Waals surface area contributed by atoms with Crippen LogP contribution in [0.25, 0.3) is 11.3 Å². The summed E-state index contributed by atoms with van der Waals surface area (Å²) in [4.78, 5) is 4.33. The molecular formula is C12H13ClN2. The molecule has 0 spiro atoms. The van der Waals surface area contributed by atoms with Crippen LogP contribution in [0.5, 0.6) is 0 Å². The smallest absolute Gasteiger partial charge is 0.100 e. The second kappa shape index (κ2) is 5.49. The number of hydrogen-bond acceptors (Lipinski definition) is 1. The van der Waals surface area contributed by atoms with Gasteiger partial charge in [0.2, 0.25) is 0 Å². The minimum Gasteiger partial charge on any atom is -1.00 e. The Balaban J connectivity index is 0.00000112. The zero-order chi connectivity index (χ0) is 9.80. The average Bonchev–Trinajstić information content (AvgIpc) is 2.30. The third-order valence-electron chi connectivity index (χ3n) is 2.23. The van der Waals surface area contributed by atoms with Gasteiger partial charge in [0, 0.05) is 17.3 Å². The Morgan fingerprint density at radius 3 is 2.40 bits per heavy atom. The molecule has 2 nitrogen and oxygen atoms in total. The normalized spacial score (nSPS) is 9.40. The maximum Gasteiger partial charge on any atom is 0.100 e. The molecule has 0 fully saturated rings. The number of benzene rings is 1. The molecule has 0 aliphatic rings. The van der Waals surface area contributed by atoms with Crippen LogP contribution in [0.4, 0.5) is 0 Å². The van der Waals surface area contributed by atoms with Crippen LogP contribution in [-0.2, 0) is 6.54 Å². The van der Waals surface area contributed by atoms with Crippen molar-refractivity contribution in [3.63, 3.8) is 0 Å². The summed E-state index contributed by atoms with van der Waals surface area (Å²) in [5.74, 6) is 0. The van der Waals surface area contributed by atoms with E-state index in [2.05, 4.69) is 22.9 Å². The molecule has 0 atom stereocenters. The highest BCUT2D eigenvalue weighted by Gasteiger charge is 2.03. The molecule has 1 aromatic carbocycles. The number of hydrogen-bond donors (Lipinski definition) is 1. The van der Waals surface area contributed by atoms with Gasteiger partial charge in [-0.15, -0.1) is 0 Å². The fourth-order valence-electron chi connectivity index (χ4n) is 1.51. The van der Waals surface area contributed by atoms with Crippen molar-refractivity contribution >= 4 is 0 Å². The summed E-state index contributed by atoms with van der Waals surface area (Å²) < 4.78 is 0. The highest BCUT2D eigenvalue weighted by Crippen LogP contribution is 2.20. The Bertz CT molecular complexity index is 415. The Labute approximate surface area is 95.6 Å². The van der Waals surface area contributed by atoms with Crippen LogP contribution in [0.3, 0.4) is 0 Å². The largest absolute Gasteiger partial charge is 1.00 e. The van der Waals surface area contributed by atoms with Crippen LogP contribution in [0.2, 0.25) is 0 Å². The van der Waals surface area contributed by atoms with Gasteiger partial charge in [-0.05, 0) is 12.1 Å². The van der Waals surface area contributed by atoms with Crippen LogP contribution >= 0.6 is 0 Å². The topological polar surface area (TPSA) is 40.5 Å². The van der Waals surface area contributed by atoms with Crippen LogP contribution in [0, 0.1) is 0 Å². The molecule has 0 amide bonds. The lowest BCUT2D eigenvalue weighted by molar-refractivity contribution is -0.386. The van der Waals surface area contributed by atoms with Crippen LogP contribution < -0.4 is 18.1 Å². The van der Waals surface area contributed by atoms with Gasteiger partial charge in [-0.1, -0.05) is 30.3 Å². The van der Waals surface area contributed by atoms with E-state index in [1.165, 1.54) is 11.1 Å². The number of rotatable bonds is 2. The van der Waals surface area contributed by atoms with Crippen LogP contribution in [-0.4, -0.2) is 4.98 Å². The molecule has 0 saturated heterocycles. The standard InChI is InChI=1S/C12H12N2.ClH/c13-9-10-5-1-2-6-11(10)12-7-3-4-8-14-12;/h1-8H,9,13H2;1H. The summed E-state index contributed by atoms with van der Waals surface area (Å²) in [7, 11) is 0. The fourth-order valence-corrected chi connectivity index (χ4v) is 1.51. The summed E-state index contributed by atoms with van der Waals surface area (Å²) in [5.41, 5.74) is 7.36. The van der Waals surface area contributed by atoms with E-state index in [0.717, 1.165) is 12.2 Å². The molecule has 78 valence electrons. The minimum atomic E-state index is 0. The maximum absolute atomic E-state index is 4.33. The number of halogens is 1. The van der Waals surface area contributed by atoms with Gasteiger partial charge in [-0.25, -0.2) is 0 Å². The van der Waals surface area contributed by atoms with Crippen molar-refractivity contribution < 1.29 is 18.1 Å². The lowest BCUT2D eigenvalue weighted by Gasteiger charge is -2.04. The first-order valence-electron chi connectivity index (χ1n) is 4.70. The average molecular weight is 221 g/mol. The fraction of sp³-hybridized carbons (Fsp3) is 0.0833. The van der Waals surface area contributed by atoms with E-state index < -0.39 is 0 Å². The molecule has 3 N–H and O–H groups in total. The Morgan fingerprint density at radius 2 is 1.73 bits per heavy atom. The van der Waals surface area contributed by atoms with Crippen molar-refractivity contribution in [1.29, 1.82) is 0 Å². The Hall–Kier alpha value is -1.38. The van der Waals surface area contributed by atoms with Gasteiger partial charge in [0.25, 0.3) is 0 Å². The second-order valence-electron chi connectivity index (χ2n) is 3.12. The summed E-state index contributed by atoms with van der Waals surface area (Å²) in [6.45, 7) is 0.798. The summed E-state index contributed by atoms with van der Waals surface area (Å²) in [6, 6.07) is 14.2. The van der Waals surface area contributed by atoms with Crippen molar-refractivity contribution in [2.75, 3.05) is 0 Å². The number of pyridine rings is 1. The van der Waals surface area contributed by atoms with Gasteiger partial charge in [-0.3, -0.25) is 4.98 Å². The molecule has 1 aromatic heterocycles. The lowest BCUT2D eigenvalue weighted by Crippen LogP contribution is -3.00. The molecule has 0 radical (unpaired) electrons. The van der Waals surface area contributed by atoms with Gasteiger partial charge in [0.05, 0.1) is 5.69 Å². The lowest BCUT2D eigenvalue weighted by atomic mass is 10.0. The van der Waals surface area contributed by atoms with E-state index in [0.29, 0.717) is 0 Å². The van der Waals surface area contributed by atoms with E-state index in [4.69, 9.17) is 0 Å². The van der Waals surface area contributed by atoms with Gasteiger partial charge in [0.15, 0.2) is 0 Å². The van der Waals surface area contributed by atoms with E-state index in [9.17, 15) is 0 Å². The van der Waals surface area contributed by atoms with Gasteiger partial charge >= 0.3 is 0 Å². The molecule has 3 heteroatoms. The first kappa shape index (κ1) is 11.7. The predicted octanol–water partition coefficient (Wildman–Crippen LogP) is -1.51. The molecule has 15 heavy (non-hydrogen) atoms. The monoisotopic (exact) mass is 220 g/mol. The molecule has 0 aliphatic carbocycles. The predicted molar refractivity (Wildman–Crippen MR) is 56.3 cm³/mol. The highest BCUT2D eigenvalue weighted by atomic mass is 35.5. The van der Waals surface area contributed by atoms with E-state index in [1.807, 2.05) is 36.5 Å². The number of aromatic nitrogens is 1. The van der Waals surface area contributed by atoms with Crippen molar-refractivity contribution in [3.8, 4) is 11.3 Å². The maximum atomic E-state index is 4.33. The van der Waals surface area contributed by atoms with Crippen molar-refractivity contribution in [1.82, 2.24) is 4.98 Å². The van der Waals surface area contributed by atoms with E-state index in [-0.39, 0.29) is 12.4 Å². The molecule has 2 rings (SSSR count). The Kier molecular flexibility index (Phi) is 4.28. The number of nitrogens with zero attached hydrogens (tertiary/aromatic N) is 1. The first-order valence-corrected chi connectivity index (χ1v) is 4.70. The summed E-state index contributed by atoms with van der Waals surface area (Å²) in [6.07, 6.45) is 1.81. The van der Waals surface area contributed by atoms with Crippen LogP contribution in [0.1, 0.15) is 5.56 Å². The SMILES string of the molecule is [Cl-].[NH3+]Cc1ccccc1-c1ccccn1. The highest BCUT2D eigenvalue weighted by molar-refractivity contribution is 5.63. The second-order valence-corrected chi connectivity index (χ2v) is 3.12.